The standard InChI is InChI=1S/C36H27N3O3.Al/c40-31-19-4-1-10-22(31)34-25-13-7-15-27(37-25)35(23-11-2-5-20-32(23)41)29-17-9-18-30(39-29)36(24-12-3-6-21-33(24)42)28-16-8-14-26(34)38-28;/h1-21,34-36,40-42H;/q;+3/p-3. The zero-order chi connectivity index (χ0) is 28.3. The van der Waals surface area contributed by atoms with Gasteiger partial charge < -0.3 is 11.4 Å². The molecule has 10 bridgehead atoms. The first-order chi connectivity index (χ1) is 21.3. The normalized spacial score (nSPS) is 19.0. The summed E-state index contributed by atoms with van der Waals surface area (Å²) in [6.07, 6.45) is 0. The third-order valence-corrected chi connectivity index (χ3v) is 9.85. The highest BCUT2D eigenvalue weighted by Crippen LogP contribution is 2.44. The number of benzene rings is 3. The van der Waals surface area contributed by atoms with Crippen LogP contribution in [0.5, 0.6) is 17.2 Å². The van der Waals surface area contributed by atoms with Crippen LogP contribution in [0.2, 0.25) is 0 Å². The number of nitrogens with zero attached hydrogens (tertiary/aromatic N) is 3. The Bertz CT molecular complexity index is 1740. The van der Waals surface area contributed by atoms with Crippen LogP contribution in [0.3, 0.4) is 0 Å². The van der Waals surface area contributed by atoms with Crippen LogP contribution in [0.15, 0.2) is 127 Å². The molecule has 0 saturated heterocycles. The van der Waals surface area contributed by atoms with Crippen molar-refractivity contribution in [3.63, 3.8) is 0 Å². The monoisotopic (exact) mass is 573 g/mol. The number of rotatable bonds is 0. The maximum absolute atomic E-state index is 6.83. The van der Waals surface area contributed by atoms with Crippen LogP contribution in [0.25, 0.3) is 0 Å². The second-order valence-corrected chi connectivity index (χ2v) is 12.3. The summed E-state index contributed by atoms with van der Waals surface area (Å²) >= 11 is -2.91. The molecule has 3 aromatic heterocycles. The topological polar surface area (TPSA) is 66.4 Å². The third kappa shape index (κ3) is 4.05. The van der Waals surface area contributed by atoms with Crippen LogP contribution in [-0.2, 0) is 0 Å². The highest BCUT2D eigenvalue weighted by Gasteiger charge is 2.48. The predicted molar refractivity (Wildman–Crippen MR) is 163 cm³/mol. The van der Waals surface area contributed by atoms with Gasteiger partial charge in [-0.15, -0.1) is 0 Å². The Kier molecular flexibility index (Phi) is 5.62. The van der Waals surface area contributed by atoms with Gasteiger partial charge in [0.15, 0.2) is 0 Å². The Morgan fingerprint density at radius 1 is 0.349 bits per heavy atom. The van der Waals surface area contributed by atoms with Crippen LogP contribution in [0.4, 0.5) is 0 Å². The average molecular weight is 574 g/mol. The van der Waals surface area contributed by atoms with Crippen molar-refractivity contribution in [1.82, 2.24) is 15.0 Å². The van der Waals surface area contributed by atoms with Gasteiger partial charge in [-0.05, 0) is 54.6 Å². The molecule has 7 heterocycles. The zero-order valence-corrected chi connectivity index (χ0v) is 24.2. The first kappa shape index (κ1) is 24.6. The van der Waals surface area contributed by atoms with Crippen LogP contribution < -0.4 is 11.4 Å². The molecule has 0 fully saturated rings. The maximum Gasteiger partial charge on any atom is 1.20 e. The molecule has 0 unspecified atom stereocenters. The van der Waals surface area contributed by atoms with Crippen LogP contribution >= 0.6 is 0 Å². The smallest absolute Gasteiger partial charge is 0.577 e. The molecule has 0 spiro atoms. The number of aromatic nitrogens is 3. The molecule has 0 amide bonds. The van der Waals surface area contributed by atoms with Gasteiger partial charge in [0.25, 0.3) is 0 Å². The minimum atomic E-state index is -2.91. The van der Waals surface area contributed by atoms with E-state index in [0.717, 1.165) is 50.9 Å². The highest BCUT2D eigenvalue weighted by atomic mass is 27.3. The summed E-state index contributed by atoms with van der Waals surface area (Å²) in [4.78, 5) is 16.1. The van der Waals surface area contributed by atoms with Gasteiger partial charge in [0.1, 0.15) is 0 Å². The molecular weight excluding hydrogens is 549 g/mol. The van der Waals surface area contributed by atoms with Crippen molar-refractivity contribution in [3.05, 3.63) is 178 Å². The first-order valence-corrected chi connectivity index (χ1v) is 15.9. The summed E-state index contributed by atoms with van der Waals surface area (Å²) in [7, 11) is 0. The summed E-state index contributed by atoms with van der Waals surface area (Å²) in [5.41, 5.74) is 8.26. The van der Waals surface area contributed by atoms with Crippen LogP contribution in [0.1, 0.15) is 68.6 Å². The van der Waals surface area contributed by atoms with Crippen molar-refractivity contribution in [2.24, 2.45) is 0 Å². The number of hydrogen-bond acceptors (Lipinski definition) is 6. The summed E-state index contributed by atoms with van der Waals surface area (Å²) in [6, 6.07) is 43.1. The lowest BCUT2D eigenvalue weighted by atomic mass is 9.85. The summed E-state index contributed by atoms with van der Waals surface area (Å²) in [5, 5.41) is 0. The Morgan fingerprint density at radius 2 is 0.628 bits per heavy atom. The van der Waals surface area contributed by atoms with E-state index in [1.165, 1.54) is 0 Å². The molecule has 3 aromatic carbocycles. The van der Waals surface area contributed by atoms with Crippen molar-refractivity contribution < 1.29 is 11.4 Å². The SMILES string of the molecule is c1cc2nc(c1)C1c3cccc(n3)C3c4cccc(n4)C2c2ccccc2[O][Al]([O]c2ccccc21)[O]c1ccccc13. The summed E-state index contributed by atoms with van der Waals surface area (Å²) in [6.45, 7) is 0. The lowest BCUT2D eigenvalue weighted by molar-refractivity contribution is 0.302. The molecule has 0 saturated carbocycles. The Morgan fingerprint density at radius 3 is 0.930 bits per heavy atom. The third-order valence-electron chi connectivity index (χ3n) is 8.51. The van der Waals surface area contributed by atoms with E-state index in [1.807, 2.05) is 54.6 Å². The lowest BCUT2D eigenvalue weighted by Gasteiger charge is -2.30. The fourth-order valence-electron chi connectivity index (χ4n) is 6.64. The van der Waals surface area contributed by atoms with Gasteiger partial charge in [-0.2, -0.15) is 0 Å². The summed E-state index contributed by atoms with van der Waals surface area (Å²) < 4.78 is 20.5. The molecule has 43 heavy (non-hydrogen) atoms. The Labute approximate surface area is 254 Å². The number of para-hydroxylation sites is 3. The first-order valence-electron chi connectivity index (χ1n) is 14.5. The van der Waals surface area contributed by atoms with E-state index in [9.17, 15) is 0 Å². The lowest BCUT2D eigenvalue weighted by Crippen LogP contribution is -2.38. The fourth-order valence-corrected chi connectivity index (χ4v) is 8.05. The molecule has 0 aliphatic carbocycles. The molecule has 4 aliphatic heterocycles. The predicted octanol–water partition coefficient (Wildman–Crippen LogP) is 6.87. The Hall–Kier alpha value is -4.96. The average Bonchev–Trinajstić information content (AvgIpc) is 3.03. The van der Waals surface area contributed by atoms with Gasteiger partial charge in [-0.25, -0.2) is 0 Å². The van der Waals surface area contributed by atoms with Gasteiger partial charge in [0, 0.05) is 16.7 Å². The van der Waals surface area contributed by atoms with Crippen LogP contribution in [-0.4, -0.2) is 30.1 Å². The summed E-state index contributed by atoms with van der Waals surface area (Å²) in [5.74, 6) is 1.27. The van der Waals surface area contributed by atoms with Crippen molar-refractivity contribution in [1.29, 1.82) is 0 Å². The molecular formula is C36H24AlN3O3. The molecule has 6 aromatic rings. The molecule has 6 nitrogen and oxygen atoms in total. The van der Waals surface area contributed by atoms with Gasteiger partial charge in [-0.3, -0.25) is 15.0 Å². The van der Waals surface area contributed by atoms with Crippen molar-refractivity contribution >= 4 is 15.1 Å². The quantitative estimate of drug-likeness (QED) is 0.185. The second kappa shape index (κ2) is 9.81. The van der Waals surface area contributed by atoms with E-state index in [2.05, 4.69) is 72.8 Å². The molecule has 0 radical (unpaired) electrons. The van der Waals surface area contributed by atoms with E-state index in [-0.39, 0.29) is 17.8 Å². The second-order valence-electron chi connectivity index (χ2n) is 11.0. The minimum Gasteiger partial charge on any atom is -0.577 e. The van der Waals surface area contributed by atoms with E-state index < -0.39 is 15.1 Å². The zero-order valence-electron chi connectivity index (χ0n) is 23.0. The number of hydrogen-bond donors (Lipinski definition) is 0. The van der Waals surface area contributed by atoms with Gasteiger partial charge >= 0.3 is 15.1 Å². The van der Waals surface area contributed by atoms with Gasteiger partial charge in [0.2, 0.25) is 0 Å². The van der Waals surface area contributed by atoms with Crippen molar-refractivity contribution in [3.8, 4) is 17.2 Å². The highest BCUT2D eigenvalue weighted by molar-refractivity contribution is 6.39. The molecule has 10 rings (SSSR count). The maximum atomic E-state index is 6.83. The van der Waals surface area contributed by atoms with E-state index in [0.29, 0.717) is 17.2 Å². The fraction of sp³-hybridized carbons (Fsp3) is 0.0833. The van der Waals surface area contributed by atoms with Crippen molar-refractivity contribution in [2.75, 3.05) is 0 Å². The van der Waals surface area contributed by atoms with Gasteiger partial charge in [-0.1, -0.05) is 72.8 Å². The van der Waals surface area contributed by atoms with E-state index >= 15 is 0 Å². The van der Waals surface area contributed by atoms with Crippen LogP contribution in [0, 0.1) is 0 Å². The largest absolute Gasteiger partial charge is 1.20 e. The number of pyridine rings is 3. The molecule has 0 N–H and O–H groups in total. The molecule has 7 heteroatoms. The minimum absolute atomic E-state index is 0.276. The van der Waals surface area contributed by atoms with Gasteiger partial charge in [0.05, 0.1) is 69.2 Å². The molecule has 0 atom stereocenters. The molecule has 204 valence electrons. The molecule has 4 aliphatic rings. The Balaban J connectivity index is 1.49. The van der Waals surface area contributed by atoms with E-state index in [4.69, 9.17) is 26.3 Å². The van der Waals surface area contributed by atoms with E-state index in [1.54, 1.807) is 0 Å². The van der Waals surface area contributed by atoms with Crippen molar-refractivity contribution in [2.45, 2.75) is 17.8 Å².